The topological polar surface area (TPSA) is 228 Å². The standard InChI is InChI=1S/C63H62N6O11S6/c1-3-4-23-55(69-50-38-45(42-17-7-5-8-18-42)27-30-53(50)82-60(69)41-59-68(35-16-37-86(77,78)79)62-48-22-13-11-20-44(48)26-32-54(62)83-59)64-56(70)24-9-6-14-33-66-49-39-46(63(71)65-84(2,72)73)28-31-52(49)81-58(66)40-57-67(34-15-36-85(74,75)76)61-47-21-12-10-19-43(47)25-29-51(61)80-57/h5,7-8,10-13,17-22,25-32,38-41,55H,3-4,6,9,14-16,23-24,33-37H2,1-2H3,(H2-2,64,65,70,71,74,75,76,77,78,79)/p+2. The lowest BCUT2D eigenvalue weighted by molar-refractivity contribution is -0.677. The number of carbonyl (C=O) groups is 2. The fourth-order valence-electron chi connectivity index (χ4n) is 11.2. The van der Waals surface area contributed by atoms with Gasteiger partial charge in [0.05, 0.1) is 62.1 Å². The highest BCUT2D eigenvalue weighted by molar-refractivity contribution is 8.04. The Morgan fingerprint density at radius 1 is 0.651 bits per heavy atom. The summed E-state index contributed by atoms with van der Waals surface area (Å²) in [6.07, 6.45) is 9.19. The van der Waals surface area contributed by atoms with Crippen molar-refractivity contribution < 1.29 is 57.5 Å². The number of nitrogens with zero attached hydrogens (tertiary/aromatic N) is 4. The number of hydrogen-bond acceptors (Lipinski definition) is 14. The third-order valence-electron chi connectivity index (χ3n) is 15.1. The van der Waals surface area contributed by atoms with Gasteiger partial charge >= 0.3 is 5.89 Å². The number of carbonyl (C=O) groups excluding carboxylic acids is 2. The smallest absolute Gasteiger partial charge is 0.376 e. The SMILES string of the molecule is CCCCC(NC(=O)CCCCCN1C(=Cc2oc3ccc4ccccc4c3[n+]2CCCS(=O)(=O)O)Sc2ccc(C(=O)NS(C)(=O)=O)cc21)N1C(=Cc2sc3ccc4ccccc4c3[n+]2CCCS(=O)(=O)O)Sc2ccc(-c3ccccc3)cc21. The van der Waals surface area contributed by atoms with Gasteiger partial charge in [-0.15, -0.1) is 0 Å². The van der Waals surface area contributed by atoms with Crippen LogP contribution >= 0.6 is 34.9 Å². The number of unbranched alkanes of at least 4 members (excludes halogenated alkanes) is 3. The van der Waals surface area contributed by atoms with Gasteiger partial charge in [-0.2, -0.15) is 26.0 Å². The lowest BCUT2D eigenvalue weighted by atomic mass is 10.0. The number of fused-ring (bicyclic) bond motifs is 8. The molecule has 7 aromatic carbocycles. The lowest BCUT2D eigenvalue weighted by Gasteiger charge is -2.32. The summed E-state index contributed by atoms with van der Waals surface area (Å²) < 4.78 is 105. The zero-order valence-corrected chi connectivity index (χ0v) is 52.1. The van der Waals surface area contributed by atoms with Crippen LogP contribution in [0.3, 0.4) is 0 Å². The van der Waals surface area contributed by atoms with E-state index < -0.39 is 48.1 Å². The summed E-state index contributed by atoms with van der Waals surface area (Å²) in [6, 6.07) is 45.5. The average Bonchev–Trinajstić information content (AvgIpc) is 1.75. The third kappa shape index (κ3) is 14.0. The van der Waals surface area contributed by atoms with Gasteiger partial charge in [-0.05, 0) is 102 Å². The molecule has 0 fully saturated rings. The Morgan fingerprint density at radius 2 is 1.30 bits per heavy atom. The Morgan fingerprint density at radius 3 is 2.01 bits per heavy atom. The van der Waals surface area contributed by atoms with E-state index >= 15 is 0 Å². The van der Waals surface area contributed by atoms with Crippen LogP contribution in [0.5, 0.6) is 0 Å². The third-order valence-corrected chi connectivity index (χ3v) is 20.6. The number of anilines is 2. The van der Waals surface area contributed by atoms with E-state index in [1.165, 1.54) is 11.8 Å². The Balaban J connectivity index is 0.873. The molecule has 0 aliphatic carbocycles. The van der Waals surface area contributed by atoms with Crippen LogP contribution < -0.4 is 29.0 Å². The van der Waals surface area contributed by atoms with Crippen molar-refractivity contribution in [1.82, 2.24) is 10.0 Å². The van der Waals surface area contributed by atoms with Crippen LogP contribution in [0.2, 0.25) is 0 Å². The quantitative estimate of drug-likeness (QED) is 0.0251. The summed E-state index contributed by atoms with van der Waals surface area (Å²) in [5, 5.41) is 9.91. The predicted octanol–water partition coefficient (Wildman–Crippen LogP) is 12.2. The van der Waals surface area contributed by atoms with E-state index in [9.17, 15) is 43.9 Å². The number of sulfonamides is 1. The second-order valence-electron chi connectivity index (χ2n) is 21.4. The first-order chi connectivity index (χ1) is 41.3. The molecule has 2 aliphatic heterocycles. The molecule has 0 bridgehead atoms. The van der Waals surface area contributed by atoms with Crippen LogP contribution in [0.4, 0.5) is 11.4 Å². The number of oxazole rings is 1. The van der Waals surface area contributed by atoms with Gasteiger partial charge < -0.3 is 19.5 Å². The molecule has 9 aromatic rings. The molecule has 2 amide bonds. The molecule has 1 unspecified atom stereocenters. The van der Waals surface area contributed by atoms with Crippen LogP contribution in [0.1, 0.15) is 86.0 Å². The lowest BCUT2D eigenvalue weighted by Crippen LogP contribution is -2.47. The molecule has 86 heavy (non-hydrogen) atoms. The van der Waals surface area contributed by atoms with Gasteiger partial charge in [-0.1, -0.05) is 140 Å². The molecular formula is C63H64N6O11S6+2. The Kier molecular flexibility index (Phi) is 18.1. The average molecular weight is 1270 g/mol. The summed E-state index contributed by atoms with van der Waals surface area (Å²) in [5.74, 6) is -1.30. The van der Waals surface area contributed by atoms with Gasteiger partial charge in [-0.3, -0.25) is 18.7 Å². The van der Waals surface area contributed by atoms with Crippen molar-refractivity contribution in [2.75, 3.05) is 34.1 Å². The number of amides is 2. The summed E-state index contributed by atoms with van der Waals surface area (Å²) >= 11 is 4.66. The maximum absolute atomic E-state index is 14.5. The first-order valence-electron chi connectivity index (χ1n) is 28.4. The van der Waals surface area contributed by atoms with Crippen molar-refractivity contribution in [3.8, 4) is 11.1 Å². The molecule has 446 valence electrons. The molecule has 2 aromatic heterocycles. The highest BCUT2D eigenvalue weighted by Gasteiger charge is 2.36. The fraction of sp³-hybridized carbons (Fsp3) is 0.270. The minimum absolute atomic E-state index is 0.103. The van der Waals surface area contributed by atoms with Crippen molar-refractivity contribution in [2.45, 2.75) is 93.8 Å². The molecule has 11 rings (SSSR count). The van der Waals surface area contributed by atoms with Crippen LogP contribution in [-0.2, 0) is 48.1 Å². The second kappa shape index (κ2) is 25.7. The molecule has 1 atom stereocenters. The Hall–Kier alpha value is -7.09. The van der Waals surface area contributed by atoms with Crippen molar-refractivity contribution in [2.24, 2.45) is 0 Å². The Labute approximate surface area is 512 Å². The number of benzene rings is 7. The molecule has 2 aliphatic rings. The molecule has 0 radical (unpaired) electrons. The van der Waals surface area contributed by atoms with E-state index in [0.29, 0.717) is 55.9 Å². The van der Waals surface area contributed by atoms with E-state index in [0.717, 1.165) is 98.0 Å². The molecule has 23 heteroatoms. The zero-order chi connectivity index (χ0) is 60.3. The highest BCUT2D eigenvalue weighted by atomic mass is 32.2. The number of aryl methyl sites for hydroxylation is 2. The Bertz CT molecular complexity index is 4510. The number of aromatic nitrogens is 2. The maximum Gasteiger partial charge on any atom is 0.376 e. The normalized spacial score (nSPS) is 14.9. The molecule has 0 saturated heterocycles. The summed E-state index contributed by atoms with van der Waals surface area (Å²) in [4.78, 5) is 33.9. The molecular weight excluding hydrogens is 1210 g/mol. The van der Waals surface area contributed by atoms with Crippen molar-refractivity contribution in [3.05, 3.63) is 166 Å². The van der Waals surface area contributed by atoms with E-state index in [4.69, 9.17) is 4.42 Å². The predicted molar refractivity (Wildman–Crippen MR) is 344 cm³/mol. The van der Waals surface area contributed by atoms with E-state index in [-0.39, 0.29) is 43.0 Å². The number of thioether (sulfide) groups is 2. The minimum Gasteiger partial charge on any atom is -0.398 e. The monoisotopic (exact) mass is 1270 g/mol. The summed E-state index contributed by atoms with van der Waals surface area (Å²) in [6.45, 7) is 3.11. The molecule has 0 spiro atoms. The van der Waals surface area contributed by atoms with Crippen LogP contribution in [-0.4, -0.2) is 76.6 Å². The van der Waals surface area contributed by atoms with Crippen LogP contribution in [0, 0.1) is 0 Å². The highest BCUT2D eigenvalue weighted by Crippen LogP contribution is 2.50. The maximum atomic E-state index is 14.5. The van der Waals surface area contributed by atoms with Gasteiger partial charge in [-0.25, -0.2) is 13.1 Å². The van der Waals surface area contributed by atoms with E-state index in [1.54, 1.807) is 41.3 Å². The van der Waals surface area contributed by atoms with Crippen LogP contribution in [0.15, 0.2) is 164 Å². The van der Waals surface area contributed by atoms with Gasteiger partial charge in [0.25, 0.3) is 36.7 Å². The first-order valence-corrected chi connectivity index (χ1v) is 35.9. The van der Waals surface area contributed by atoms with E-state index in [2.05, 4.69) is 87.1 Å². The molecule has 4 N–H and O–H groups in total. The van der Waals surface area contributed by atoms with Crippen LogP contribution in [0.25, 0.3) is 66.1 Å². The van der Waals surface area contributed by atoms with Crippen molar-refractivity contribution >= 4 is 143 Å². The van der Waals surface area contributed by atoms with Crippen molar-refractivity contribution in [1.29, 1.82) is 0 Å². The minimum atomic E-state index is -4.25. The number of rotatable bonds is 24. The summed E-state index contributed by atoms with van der Waals surface area (Å²) in [5.41, 5.74) is 6.16. The largest absolute Gasteiger partial charge is 0.398 e. The number of nitrogens with one attached hydrogen (secondary N) is 2. The van der Waals surface area contributed by atoms with E-state index in [1.807, 2.05) is 82.3 Å². The van der Waals surface area contributed by atoms with Crippen molar-refractivity contribution in [3.63, 3.8) is 0 Å². The molecule has 0 saturated carbocycles. The number of thiazole rings is 1. The second-order valence-corrected chi connectivity index (χ2v) is 29.5. The van der Waals surface area contributed by atoms with Gasteiger partial charge in [0.15, 0.2) is 13.1 Å². The fourth-order valence-corrected chi connectivity index (χ4v) is 16.1. The summed E-state index contributed by atoms with van der Waals surface area (Å²) in [7, 11) is -12.3. The molecule has 4 heterocycles. The zero-order valence-electron chi connectivity index (χ0n) is 47.2. The van der Waals surface area contributed by atoms with Gasteiger partial charge in [0.2, 0.25) is 27.0 Å². The van der Waals surface area contributed by atoms with Gasteiger partial charge in [0, 0.05) is 41.2 Å². The number of hydrogen-bond donors (Lipinski definition) is 4. The van der Waals surface area contributed by atoms with Gasteiger partial charge in [0.1, 0.15) is 10.9 Å². The molecule has 17 nitrogen and oxygen atoms in total. The first kappa shape index (κ1) is 60.6.